The average molecular weight is 183 g/mol. The van der Waals surface area contributed by atoms with Crippen molar-refractivity contribution in [3.8, 4) is 0 Å². The molecule has 70 valence electrons. The van der Waals surface area contributed by atoms with E-state index >= 15 is 0 Å². The summed E-state index contributed by atoms with van der Waals surface area (Å²) in [6.07, 6.45) is 1.79. The standard InChI is InChI=1S/C10H11F2N/c1-6-2-3-7-4-5-8(11)9(12)10(7)13-6/h4-6,13H,2-3H2,1H3. The Morgan fingerprint density at radius 2 is 2.15 bits per heavy atom. The van der Waals surface area contributed by atoms with Crippen molar-refractivity contribution < 1.29 is 8.78 Å². The third-order valence-corrected chi connectivity index (χ3v) is 2.42. The first kappa shape index (κ1) is 8.48. The van der Waals surface area contributed by atoms with Crippen molar-refractivity contribution in [3.05, 3.63) is 29.3 Å². The molecule has 1 unspecified atom stereocenters. The number of rotatable bonds is 0. The minimum absolute atomic E-state index is 0.226. The molecule has 0 fully saturated rings. The highest BCUT2D eigenvalue weighted by atomic mass is 19.2. The molecule has 0 amide bonds. The third-order valence-electron chi connectivity index (χ3n) is 2.42. The van der Waals surface area contributed by atoms with Crippen LogP contribution in [0.4, 0.5) is 14.5 Å². The first-order valence-corrected chi connectivity index (χ1v) is 4.42. The quantitative estimate of drug-likeness (QED) is 0.652. The number of hydrogen-bond acceptors (Lipinski definition) is 1. The van der Waals surface area contributed by atoms with Gasteiger partial charge < -0.3 is 5.32 Å². The topological polar surface area (TPSA) is 12.0 Å². The van der Waals surface area contributed by atoms with E-state index in [1.165, 1.54) is 6.07 Å². The second-order valence-corrected chi connectivity index (χ2v) is 3.48. The molecule has 0 saturated heterocycles. The van der Waals surface area contributed by atoms with Gasteiger partial charge in [0.2, 0.25) is 0 Å². The molecule has 1 aliphatic heterocycles. The predicted octanol–water partition coefficient (Wildman–Crippen LogP) is 2.71. The van der Waals surface area contributed by atoms with E-state index in [0.717, 1.165) is 18.4 Å². The lowest BCUT2D eigenvalue weighted by Crippen LogP contribution is -2.23. The Labute approximate surface area is 75.8 Å². The molecule has 0 saturated carbocycles. The van der Waals surface area contributed by atoms with Crippen LogP contribution >= 0.6 is 0 Å². The fourth-order valence-corrected chi connectivity index (χ4v) is 1.65. The van der Waals surface area contributed by atoms with Gasteiger partial charge in [0, 0.05) is 6.04 Å². The van der Waals surface area contributed by atoms with Crippen molar-refractivity contribution >= 4 is 5.69 Å². The molecule has 0 aliphatic carbocycles. The molecule has 1 aromatic rings. The highest BCUT2D eigenvalue weighted by molar-refractivity contribution is 5.55. The van der Waals surface area contributed by atoms with Crippen molar-refractivity contribution in [3.63, 3.8) is 0 Å². The highest BCUT2D eigenvalue weighted by Gasteiger charge is 2.19. The van der Waals surface area contributed by atoms with Gasteiger partial charge >= 0.3 is 0 Å². The average Bonchev–Trinajstić information content (AvgIpc) is 2.12. The first-order valence-electron chi connectivity index (χ1n) is 4.42. The van der Waals surface area contributed by atoms with Crippen molar-refractivity contribution in [2.75, 3.05) is 5.32 Å². The smallest absolute Gasteiger partial charge is 0.182 e. The summed E-state index contributed by atoms with van der Waals surface area (Å²) in [5, 5.41) is 2.95. The van der Waals surface area contributed by atoms with Gasteiger partial charge in [-0.3, -0.25) is 0 Å². The van der Waals surface area contributed by atoms with Gasteiger partial charge in [-0.25, -0.2) is 8.78 Å². The van der Waals surface area contributed by atoms with Crippen LogP contribution in [-0.2, 0) is 6.42 Å². The molecule has 0 spiro atoms. The number of halogens is 2. The lowest BCUT2D eigenvalue weighted by atomic mass is 9.99. The molecule has 1 aliphatic rings. The fraction of sp³-hybridized carbons (Fsp3) is 0.400. The van der Waals surface area contributed by atoms with Gasteiger partial charge in [0.25, 0.3) is 0 Å². The molecular weight excluding hydrogens is 172 g/mol. The summed E-state index contributed by atoms with van der Waals surface area (Å²) in [7, 11) is 0. The van der Waals surface area contributed by atoms with Crippen LogP contribution in [0.5, 0.6) is 0 Å². The second-order valence-electron chi connectivity index (χ2n) is 3.48. The molecule has 3 heteroatoms. The van der Waals surface area contributed by atoms with Crippen LogP contribution in [0.1, 0.15) is 18.9 Å². The van der Waals surface area contributed by atoms with Crippen molar-refractivity contribution in [1.82, 2.24) is 0 Å². The third kappa shape index (κ3) is 1.39. The Hall–Kier alpha value is -1.12. The summed E-state index contributed by atoms with van der Waals surface area (Å²) in [5.74, 6) is -1.52. The molecule has 1 heterocycles. The van der Waals surface area contributed by atoms with Gasteiger partial charge in [-0.05, 0) is 31.4 Å². The summed E-state index contributed by atoms with van der Waals surface area (Å²) < 4.78 is 26.0. The van der Waals surface area contributed by atoms with Gasteiger partial charge in [-0.2, -0.15) is 0 Å². The van der Waals surface area contributed by atoms with E-state index in [9.17, 15) is 8.78 Å². The van der Waals surface area contributed by atoms with E-state index in [1.54, 1.807) is 6.07 Å². The minimum Gasteiger partial charge on any atom is -0.380 e. The SMILES string of the molecule is CC1CCc2ccc(F)c(F)c2N1. The zero-order chi connectivity index (χ0) is 9.42. The molecule has 2 rings (SSSR count). The second kappa shape index (κ2) is 2.98. The lowest BCUT2D eigenvalue weighted by molar-refractivity contribution is 0.504. The Morgan fingerprint density at radius 3 is 2.92 bits per heavy atom. The van der Waals surface area contributed by atoms with Gasteiger partial charge in [0.15, 0.2) is 11.6 Å². The number of fused-ring (bicyclic) bond motifs is 1. The van der Waals surface area contributed by atoms with Gasteiger partial charge in [0.1, 0.15) is 0 Å². The number of nitrogens with one attached hydrogen (secondary N) is 1. The monoisotopic (exact) mass is 183 g/mol. The zero-order valence-electron chi connectivity index (χ0n) is 7.40. The molecule has 13 heavy (non-hydrogen) atoms. The van der Waals surface area contributed by atoms with E-state index in [1.807, 2.05) is 6.92 Å². The highest BCUT2D eigenvalue weighted by Crippen LogP contribution is 2.28. The van der Waals surface area contributed by atoms with E-state index < -0.39 is 11.6 Å². The number of hydrogen-bond donors (Lipinski definition) is 1. The van der Waals surface area contributed by atoms with Gasteiger partial charge in [-0.1, -0.05) is 6.07 Å². The Balaban J connectivity index is 2.48. The largest absolute Gasteiger partial charge is 0.380 e. The van der Waals surface area contributed by atoms with Crippen LogP contribution in [0.25, 0.3) is 0 Å². The van der Waals surface area contributed by atoms with E-state index in [-0.39, 0.29) is 6.04 Å². The van der Waals surface area contributed by atoms with Crippen molar-refractivity contribution in [1.29, 1.82) is 0 Å². The van der Waals surface area contributed by atoms with Gasteiger partial charge in [0.05, 0.1) is 5.69 Å². The summed E-state index contributed by atoms with van der Waals surface area (Å²) in [6, 6.07) is 3.06. The zero-order valence-corrected chi connectivity index (χ0v) is 7.40. The van der Waals surface area contributed by atoms with E-state index in [2.05, 4.69) is 5.32 Å². The van der Waals surface area contributed by atoms with Crippen LogP contribution in [-0.4, -0.2) is 6.04 Å². The first-order chi connectivity index (χ1) is 6.18. The van der Waals surface area contributed by atoms with E-state index in [0.29, 0.717) is 5.69 Å². The molecule has 1 N–H and O–H groups in total. The lowest BCUT2D eigenvalue weighted by Gasteiger charge is -2.24. The van der Waals surface area contributed by atoms with Crippen LogP contribution in [0, 0.1) is 11.6 Å². The molecule has 1 aromatic carbocycles. The molecule has 0 bridgehead atoms. The number of benzene rings is 1. The van der Waals surface area contributed by atoms with Crippen LogP contribution in [0.3, 0.4) is 0 Å². The molecule has 1 atom stereocenters. The normalized spacial score (nSPS) is 20.7. The molecular formula is C10H11F2N. The maximum absolute atomic E-state index is 13.2. The minimum atomic E-state index is -0.777. The summed E-state index contributed by atoms with van der Waals surface area (Å²) in [4.78, 5) is 0. The summed E-state index contributed by atoms with van der Waals surface area (Å²) in [6.45, 7) is 1.97. The van der Waals surface area contributed by atoms with Gasteiger partial charge in [-0.15, -0.1) is 0 Å². The number of aryl methyl sites for hydroxylation is 1. The Kier molecular flexibility index (Phi) is 1.94. The maximum atomic E-state index is 13.2. The van der Waals surface area contributed by atoms with Crippen LogP contribution in [0.15, 0.2) is 12.1 Å². The predicted molar refractivity (Wildman–Crippen MR) is 47.8 cm³/mol. The summed E-state index contributed by atoms with van der Waals surface area (Å²) >= 11 is 0. The Morgan fingerprint density at radius 1 is 1.38 bits per heavy atom. The van der Waals surface area contributed by atoms with Crippen molar-refractivity contribution in [2.45, 2.75) is 25.8 Å². The van der Waals surface area contributed by atoms with Crippen molar-refractivity contribution in [2.24, 2.45) is 0 Å². The molecule has 0 aromatic heterocycles. The fourth-order valence-electron chi connectivity index (χ4n) is 1.65. The molecule has 1 nitrogen and oxygen atoms in total. The maximum Gasteiger partial charge on any atom is 0.182 e. The molecule has 0 radical (unpaired) electrons. The van der Waals surface area contributed by atoms with E-state index in [4.69, 9.17) is 0 Å². The van der Waals surface area contributed by atoms with Crippen LogP contribution in [0.2, 0.25) is 0 Å². The summed E-state index contributed by atoms with van der Waals surface area (Å²) in [5.41, 5.74) is 1.22. The van der Waals surface area contributed by atoms with Crippen LogP contribution < -0.4 is 5.32 Å². The number of anilines is 1. The Bertz CT molecular complexity index is 336.